The van der Waals surface area contributed by atoms with Crippen LogP contribution >= 0.6 is 0 Å². The molecule has 0 amide bonds. The molecule has 1 heteroatoms. The lowest BCUT2D eigenvalue weighted by Gasteiger charge is -2.21. The van der Waals surface area contributed by atoms with E-state index in [1.165, 1.54) is 0 Å². The Balaban J connectivity index is 3.78. The maximum Gasteiger partial charge on any atom is 0.0689 e. The van der Waals surface area contributed by atoms with Gasteiger partial charge in [-0.15, -0.1) is 6.42 Å². The van der Waals surface area contributed by atoms with Crippen LogP contribution in [0.3, 0.4) is 0 Å². The average Bonchev–Trinajstić information content (AvgIpc) is 1.81. The smallest absolute Gasteiger partial charge is 0.0689 e. The van der Waals surface area contributed by atoms with Gasteiger partial charge in [0.25, 0.3) is 0 Å². The predicted molar refractivity (Wildman–Crippen MR) is 45.8 cm³/mol. The van der Waals surface area contributed by atoms with Crippen LogP contribution < -0.4 is 5.32 Å². The van der Waals surface area contributed by atoms with Crippen molar-refractivity contribution in [2.24, 2.45) is 5.41 Å². The van der Waals surface area contributed by atoms with Gasteiger partial charge in [-0.05, 0) is 18.9 Å². The van der Waals surface area contributed by atoms with Gasteiger partial charge in [0.15, 0.2) is 0 Å². The highest BCUT2D eigenvalue weighted by Gasteiger charge is 2.14. The molecule has 0 aliphatic rings. The SMILES string of the molecule is C#CC(CC(C)(C)C)NC. The summed E-state index contributed by atoms with van der Waals surface area (Å²) in [6, 6.07) is 0.222. The molecule has 10 heavy (non-hydrogen) atoms. The van der Waals surface area contributed by atoms with Gasteiger partial charge in [-0.3, -0.25) is 0 Å². The first-order chi connectivity index (χ1) is 4.49. The fourth-order valence-electron chi connectivity index (χ4n) is 0.857. The second kappa shape index (κ2) is 3.63. The van der Waals surface area contributed by atoms with E-state index in [1.807, 2.05) is 7.05 Å². The van der Waals surface area contributed by atoms with E-state index in [0.717, 1.165) is 6.42 Å². The largest absolute Gasteiger partial charge is 0.307 e. The van der Waals surface area contributed by atoms with Gasteiger partial charge in [0.1, 0.15) is 0 Å². The number of rotatable bonds is 2. The molecule has 0 saturated heterocycles. The van der Waals surface area contributed by atoms with Crippen molar-refractivity contribution < 1.29 is 0 Å². The first kappa shape index (κ1) is 9.52. The van der Waals surface area contributed by atoms with Crippen molar-refractivity contribution in [3.8, 4) is 12.3 Å². The van der Waals surface area contributed by atoms with E-state index < -0.39 is 0 Å². The highest BCUT2D eigenvalue weighted by Crippen LogP contribution is 2.19. The minimum Gasteiger partial charge on any atom is -0.307 e. The molecule has 0 aliphatic carbocycles. The van der Waals surface area contributed by atoms with Crippen molar-refractivity contribution in [1.82, 2.24) is 5.32 Å². The van der Waals surface area contributed by atoms with E-state index in [-0.39, 0.29) is 6.04 Å². The lowest BCUT2D eigenvalue weighted by molar-refractivity contribution is 0.347. The third-order valence-corrected chi connectivity index (χ3v) is 1.37. The molecule has 0 saturated carbocycles. The Morgan fingerprint density at radius 3 is 2.10 bits per heavy atom. The third-order valence-electron chi connectivity index (χ3n) is 1.37. The fourth-order valence-corrected chi connectivity index (χ4v) is 0.857. The van der Waals surface area contributed by atoms with Crippen LogP contribution in [0.15, 0.2) is 0 Å². The molecule has 1 nitrogen and oxygen atoms in total. The van der Waals surface area contributed by atoms with E-state index >= 15 is 0 Å². The first-order valence-corrected chi connectivity index (χ1v) is 3.63. The van der Waals surface area contributed by atoms with Gasteiger partial charge in [0.05, 0.1) is 6.04 Å². The zero-order valence-corrected chi connectivity index (χ0v) is 7.36. The van der Waals surface area contributed by atoms with Crippen LogP contribution in [-0.4, -0.2) is 13.1 Å². The minimum atomic E-state index is 0.222. The molecular weight excluding hydrogens is 122 g/mol. The highest BCUT2D eigenvalue weighted by molar-refractivity contribution is 4.99. The van der Waals surface area contributed by atoms with Crippen LogP contribution in [0.1, 0.15) is 27.2 Å². The summed E-state index contributed by atoms with van der Waals surface area (Å²) in [6.07, 6.45) is 6.31. The zero-order chi connectivity index (χ0) is 8.20. The summed E-state index contributed by atoms with van der Waals surface area (Å²) in [5.74, 6) is 2.70. The number of nitrogens with one attached hydrogen (secondary N) is 1. The van der Waals surface area contributed by atoms with E-state index in [0.29, 0.717) is 5.41 Å². The fraction of sp³-hybridized carbons (Fsp3) is 0.778. The van der Waals surface area contributed by atoms with Gasteiger partial charge < -0.3 is 5.32 Å². The van der Waals surface area contributed by atoms with Gasteiger partial charge >= 0.3 is 0 Å². The van der Waals surface area contributed by atoms with Crippen LogP contribution in [0.2, 0.25) is 0 Å². The molecule has 0 radical (unpaired) electrons. The molecule has 0 rings (SSSR count). The standard InChI is InChI=1S/C9H17N/c1-6-8(10-5)7-9(2,3)4/h1,8,10H,7H2,2-5H3. The highest BCUT2D eigenvalue weighted by atomic mass is 14.9. The second-order valence-electron chi connectivity index (χ2n) is 3.77. The maximum absolute atomic E-state index is 5.28. The topological polar surface area (TPSA) is 12.0 Å². The molecule has 0 aliphatic heterocycles. The summed E-state index contributed by atoms with van der Waals surface area (Å²) in [7, 11) is 1.90. The van der Waals surface area contributed by atoms with E-state index in [1.54, 1.807) is 0 Å². The molecule has 0 heterocycles. The second-order valence-corrected chi connectivity index (χ2v) is 3.77. The number of hydrogen-bond donors (Lipinski definition) is 1. The summed E-state index contributed by atoms with van der Waals surface area (Å²) in [4.78, 5) is 0. The molecule has 0 aromatic carbocycles. The Bertz CT molecular complexity index is 125. The Morgan fingerprint density at radius 2 is 2.00 bits per heavy atom. The lowest BCUT2D eigenvalue weighted by atomic mass is 9.88. The van der Waals surface area contributed by atoms with Crippen molar-refractivity contribution in [3.05, 3.63) is 0 Å². The Kier molecular flexibility index (Phi) is 3.46. The molecule has 1 N–H and O–H groups in total. The summed E-state index contributed by atoms with van der Waals surface area (Å²) in [6.45, 7) is 6.57. The molecule has 1 unspecified atom stereocenters. The molecule has 0 bridgehead atoms. The van der Waals surface area contributed by atoms with E-state index in [9.17, 15) is 0 Å². The maximum atomic E-state index is 5.28. The summed E-state index contributed by atoms with van der Waals surface area (Å²) >= 11 is 0. The molecule has 58 valence electrons. The minimum absolute atomic E-state index is 0.222. The third kappa shape index (κ3) is 4.40. The van der Waals surface area contributed by atoms with Gasteiger partial charge in [0, 0.05) is 0 Å². The molecule has 1 atom stereocenters. The van der Waals surface area contributed by atoms with Crippen molar-refractivity contribution in [3.63, 3.8) is 0 Å². The normalized spacial score (nSPS) is 14.3. The van der Waals surface area contributed by atoms with Gasteiger partial charge in [-0.1, -0.05) is 26.7 Å². The molecule has 0 fully saturated rings. The van der Waals surface area contributed by atoms with Gasteiger partial charge in [-0.25, -0.2) is 0 Å². The van der Waals surface area contributed by atoms with Crippen LogP contribution in [-0.2, 0) is 0 Å². The lowest BCUT2D eigenvalue weighted by Crippen LogP contribution is -2.28. The Morgan fingerprint density at radius 1 is 1.50 bits per heavy atom. The summed E-state index contributed by atoms with van der Waals surface area (Å²) < 4.78 is 0. The zero-order valence-electron chi connectivity index (χ0n) is 7.36. The van der Waals surface area contributed by atoms with Crippen molar-refractivity contribution >= 4 is 0 Å². The molecule has 0 spiro atoms. The van der Waals surface area contributed by atoms with Gasteiger partial charge in [-0.2, -0.15) is 0 Å². The number of terminal acetylenes is 1. The van der Waals surface area contributed by atoms with Crippen molar-refractivity contribution in [1.29, 1.82) is 0 Å². The van der Waals surface area contributed by atoms with E-state index in [2.05, 4.69) is 32.0 Å². The average molecular weight is 139 g/mol. The number of hydrogen-bond acceptors (Lipinski definition) is 1. The Hall–Kier alpha value is -0.480. The Labute approximate surface area is 64.2 Å². The quantitative estimate of drug-likeness (QED) is 0.573. The van der Waals surface area contributed by atoms with Gasteiger partial charge in [0.2, 0.25) is 0 Å². The summed E-state index contributed by atoms with van der Waals surface area (Å²) in [5, 5.41) is 3.07. The first-order valence-electron chi connectivity index (χ1n) is 3.63. The molecular formula is C9H17N. The van der Waals surface area contributed by atoms with Crippen molar-refractivity contribution in [2.75, 3.05) is 7.05 Å². The molecule has 0 aromatic heterocycles. The summed E-state index contributed by atoms with van der Waals surface area (Å²) in [5.41, 5.74) is 0.319. The van der Waals surface area contributed by atoms with E-state index in [4.69, 9.17) is 6.42 Å². The van der Waals surface area contributed by atoms with Crippen LogP contribution in [0.5, 0.6) is 0 Å². The van der Waals surface area contributed by atoms with Crippen LogP contribution in [0.25, 0.3) is 0 Å². The van der Waals surface area contributed by atoms with Crippen molar-refractivity contribution in [2.45, 2.75) is 33.2 Å². The monoisotopic (exact) mass is 139 g/mol. The van der Waals surface area contributed by atoms with Crippen LogP contribution in [0.4, 0.5) is 0 Å². The predicted octanol–water partition coefficient (Wildman–Crippen LogP) is 1.64. The molecule has 0 aromatic rings. The van der Waals surface area contributed by atoms with Crippen LogP contribution in [0, 0.1) is 17.8 Å².